The van der Waals surface area contributed by atoms with Gasteiger partial charge in [0, 0.05) is 17.9 Å². The second-order valence-electron chi connectivity index (χ2n) is 7.65. The van der Waals surface area contributed by atoms with E-state index in [9.17, 15) is 27.9 Å². The lowest BCUT2D eigenvalue weighted by atomic mass is 10.0. The molecule has 0 saturated carbocycles. The van der Waals surface area contributed by atoms with Crippen molar-refractivity contribution in [2.75, 3.05) is 22.7 Å². The molecule has 9 nitrogen and oxygen atoms in total. The molecule has 0 bridgehead atoms. The van der Waals surface area contributed by atoms with Crippen LogP contribution in [-0.2, 0) is 26.0 Å². The fraction of sp³-hybridized carbons (Fsp3) is 0.318. The first kappa shape index (κ1) is 27.3. The fourth-order valence-electron chi connectivity index (χ4n) is 3.41. The molecule has 0 spiro atoms. The summed E-state index contributed by atoms with van der Waals surface area (Å²) in [5.41, 5.74) is 1.16. The van der Waals surface area contributed by atoms with E-state index in [-0.39, 0.29) is 39.4 Å². The van der Waals surface area contributed by atoms with Gasteiger partial charge in [-0.3, -0.25) is 9.59 Å². The minimum absolute atomic E-state index is 0.0357. The van der Waals surface area contributed by atoms with Crippen molar-refractivity contribution in [3.05, 3.63) is 63.6 Å². The molecule has 0 aromatic heterocycles. The van der Waals surface area contributed by atoms with Crippen molar-refractivity contribution >= 4 is 68.5 Å². The maximum absolute atomic E-state index is 12.7. The van der Waals surface area contributed by atoms with E-state index >= 15 is 0 Å². The number of thioether (sulfide) groups is 1. The van der Waals surface area contributed by atoms with E-state index in [0.29, 0.717) is 11.3 Å². The van der Waals surface area contributed by atoms with E-state index in [1.165, 1.54) is 18.7 Å². The molecule has 188 valence electrons. The number of carboxylic acid groups (broad SMARTS) is 1. The minimum Gasteiger partial charge on any atom is -0.480 e. The van der Waals surface area contributed by atoms with Gasteiger partial charge in [-0.25, -0.2) is 13.2 Å². The maximum atomic E-state index is 12.7. The van der Waals surface area contributed by atoms with Crippen LogP contribution in [0.1, 0.15) is 22.8 Å². The zero-order valence-corrected chi connectivity index (χ0v) is 21.7. The molecule has 2 amide bonds. The number of carboxylic acids is 1. The number of nitrogens with zero attached hydrogens (tertiary/aromatic N) is 1. The molecule has 1 fully saturated rings. The topological polar surface area (TPSA) is 133 Å². The average molecular weight is 560 g/mol. The van der Waals surface area contributed by atoms with Gasteiger partial charge >= 0.3 is 5.97 Å². The number of amides is 2. The Morgan fingerprint density at radius 2 is 1.77 bits per heavy atom. The molecule has 2 atom stereocenters. The van der Waals surface area contributed by atoms with Crippen LogP contribution in [0.3, 0.4) is 0 Å². The molecule has 0 unspecified atom stereocenters. The lowest BCUT2D eigenvalue weighted by Gasteiger charge is -2.23. The number of hydrogen-bond acceptors (Lipinski definition) is 6. The molecule has 2 aromatic carbocycles. The van der Waals surface area contributed by atoms with Gasteiger partial charge in [0.15, 0.2) is 0 Å². The van der Waals surface area contributed by atoms with Gasteiger partial charge in [-0.15, -0.1) is 11.8 Å². The average Bonchev–Trinajstić information content (AvgIpc) is 3.31. The van der Waals surface area contributed by atoms with Crippen molar-refractivity contribution < 1.29 is 27.9 Å². The molecule has 3 rings (SSSR count). The van der Waals surface area contributed by atoms with E-state index in [1.807, 2.05) is 0 Å². The van der Waals surface area contributed by atoms with Gasteiger partial charge in [0.2, 0.25) is 15.9 Å². The van der Waals surface area contributed by atoms with Crippen molar-refractivity contribution in [2.24, 2.45) is 0 Å². The van der Waals surface area contributed by atoms with Crippen LogP contribution in [-0.4, -0.2) is 65.1 Å². The highest BCUT2D eigenvalue weighted by Gasteiger charge is 2.39. The summed E-state index contributed by atoms with van der Waals surface area (Å²) in [6.45, 7) is 1.49. The van der Waals surface area contributed by atoms with E-state index in [4.69, 9.17) is 23.2 Å². The van der Waals surface area contributed by atoms with Crippen molar-refractivity contribution in [1.82, 2.24) is 9.62 Å². The first-order valence-corrected chi connectivity index (χ1v) is 14.0. The SMILES string of the molecule is CCS(=O)(=O)N1CSC[C@@H]1C(=O)N[C@@H](Cc1ccc(NC(=O)c2c(Cl)cccc2Cl)cc1)C(=O)O. The monoisotopic (exact) mass is 559 g/mol. The molecule has 1 aliphatic rings. The Morgan fingerprint density at radius 1 is 1.14 bits per heavy atom. The Balaban J connectivity index is 1.66. The van der Waals surface area contributed by atoms with E-state index in [0.717, 1.165) is 4.31 Å². The van der Waals surface area contributed by atoms with Crippen LogP contribution in [0.5, 0.6) is 0 Å². The lowest BCUT2D eigenvalue weighted by Crippen LogP contribution is -2.52. The number of carbonyl (C=O) groups excluding carboxylic acids is 2. The van der Waals surface area contributed by atoms with Gasteiger partial charge in [0.1, 0.15) is 12.1 Å². The number of nitrogens with one attached hydrogen (secondary N) is 2. The second-order valence-corrected chi connectivity index (χ2v) is 11.7. The smallest absolute Gasteiger partial charge is 0.326 e. The molecule has 35 heavy (non-hydrogen) atoms. The second kappa shape index (κ2) is 11.6. The zero-order chi connectivity index (χ0) is 25.8. The van der Waals surface area contributed by atoms with E-state index in [2.05, 4.69) is 10.6 Å². The third-order valence-electron chi connectivity index (χ3n) is 5.32. The van der Waals surface area contributed by atoms with Crippen molar-refractivity contribution in [2.45, 2.75) is 25.4 Å². The number of carbonyl (C=O) groups is 3. The van der Waals surface area contributed by atoms with Crippen LogP contribution in [0.2, 0.25) is 10.0 Å². The van der Waals surface area contributed by atoms with Crippen LogP contribution in [0.25, 0.3) is 0 Å². The van der Waals surface area contributed by atoms with E-state index in [1.54, 1.807) is 42.5 Å². The number of rotatable bonds is 9. The maximum Gasteiger partial charge on any atom is 0.326 e. The quantitative estimate of drug-likeness (QED) is 0.429. The highest BCUT2D eigenvalue weighted by atomic mass is 35.5. The van der Waals surface area contributed by atoms with Gasteiger partial charge in [-0.05, 0) is 36.8 Å². The van der Waals surface area contributed by atoms with Crippen LogP contribution >= 0.6 is 35.0 Å². The molecular weight excluding hydrogens is 537 g/mol. The first-order valence-electron chi connectivity index (χ1n) is 10.5. The molecular formula is C22H23Cl2N3O6S2. The summed E-state index contributed by atoms with van der Waals surface area (Å²) in [6.07, 6.45) is -0.0357. The summed E-state index contributed by atoms with van der Waals surface area (Å²) in [6, 6.07) is 8.90. The Kier molecular flexibility index (Phi) is 9.05. The third-order valence-corrected chi connectivity index (χ3v) is 8.96. The Hall–Kier alpha value is -2.31. The number of sulfonamides is 1. The van der Waals surface area contributed by atoms with Gasteiger partial charge in [0.05, 0.1) is 27.2 Å². The lowest BCUT2D eigenvalue weighted by molar-refractivity contribution is -0.142. The fourth-order valence-corrected chi connectivity index (χ4v) is 6.85. The predicted molar refractivity (Wildman–Crippen MR) is 137 cm³/mol. The first-order chi connectivity index (χ1) is 16.5. The van der Waals surface area contributed by atoms with Crippen LogP contribution in [0.15, 0.2) is 42.5 Å². The normalized spacial score (nSPS) is 17.1. The standard InChI is InChI=1S/C22H23Cl2N3O6S2/c1-2-35(32,33)27-12-34-11-18(27)20(28)26-17(22(30)31)10-13-6-8-14(9-7-13)25-21(29)19-15(23)4-3-5-16(19)24/h3-9,17-18H,2,10-12H2,1H3,(H,25,29)(H,26,28)(H,30,31)/t17-,18+/m0/s1. The van der Waals surface area contributed by atoms with Crippen molar-refractivity contribution in [3.8, 4) is 0 Å². The summed E-state index contributed by atoms with van der Waals surface area (Å²) in [5, 5.41) is 15.2. The van der Waals surface area contributed by atoms with Gasteiger partial charge < -0.3 is 15.7 Å². The Bertz CT molecular complexity index is 1200. The highest BCUT2D eigenvalue weighted by molar-refractivity contribution is 8.00. The number of benzene rings is 2. The zero-order valence-electron chi connectivity index (χ0n) is 18.5. The minimum atomic E-state index is -3.59. The summed E-state index contributed by atoms with van der Waals surface area (Å²) in [5.74, 6) is -2.14. The number of aliphatic carboxylic acids is 1. The molecule has 1 aliphatic heterocycles. The molecule has 2 aromatic rings. The van der Waals surface area contributed by atoms with Crippen LogP contribution in [0, 0.1) is 0 Å². The molecule has 0 aliphatic carbocycles. The predicted octanol–water partition coefficient (Wildman–Crippen LogP) is 3.08. The molecule has 3 N–H and O–H groups in total. The summed E-state index contributed by atoms with van der Waals surface area (Å²) in [7, 11) is -3.59. The highest BCUT2D eigenvalue weighted by Crippen LogP contribution is 2.26. The Labute approximate surface area is 217 Å². The summed E-state index contributed by atoms with van der Waals surface area (Å²) >= 11 is 13.4. The van der Waals surface area contributed by atoms with Gasteiger partial charge in [0.25, 0.3) is 5.91 Å². The summed E-state index contributed by atoms with van der Waals surface area (Å²) in [4.78, 5) is 37.0. The number of halogens is 2. The summed E-state index contributed by atoms with van der Waals surface area (Å²) < 4.78 is 25.6. The third kappa shape index (κ3) is 6.68. The van der Waals surface area contributed by atoms with Crippen LogP contribution in [0.4, 0.5) is 5.69 Å². The van der Waals surface area contributed by atoms with Gasteiger partial charge in [-0.2, -0.15) is 4.31 Å². The van der Waals surface area contributed by atoms with Crippen LogP contribution < -0.4 is 10.6 Å². The number of hydrogen-bond donors (Lipinski definition) is 3. The number of anilines is 1. The molecule has 1 saturated heterocycles. The van der Waals surface area contributed by atoms with Gasteiger partial charge in [-0.1, -0.05) is 41.4 Å². The van der Waals surface area contributed by atoms with Crippen molar-refractivity contribution in [1.29, 1.82) is 0 Å². The van der Waals surface area contributed by atoms with Crippen molar-refractivity contribution in [3.63, 3.8) is 0 Å². The van der Waals surface area contributed by atoms with E-state index < -0.39 is 39.9 Å². The largest absolute Gasteiger partial charge is 0.480 e. The Morgan fingerprint density at radius 3 is 2.34 bits per heavy atom. The molecule has 0 radical (unpaired) electrons. The molecule has 13 heteroatoms. The molecule has 1 heterocycles.